The molecule has 13 heavy (non-hydrogen) atoms. The maximum absolute atomic E-state index is 3.71. The van der Waals surface area contributed by atoms with Crippen LogP contribution in [0.4, 0.5) is 0 Å². The SMILES string of the molecule is [K+].[c-]1nnnn1Cc1ccccc1. The van der Waals surface area contributed by atoms with E-state index in [4.69, 9.17) is 0 Å². The fraction of sp³-hybridized carbons (Fsp3) is 0.125. The number of tetrazole rings is 1. The van der Waals surface area contributed by atoms with E-state index in [9.17, 15) is 0 Å². The number of hydrogen-bond donors (Lipinski definition) is 0. The first-order chi connectivity index (χ1) is 5.95. The van der Waals surface area contributed by atoms with Gasteiger partial charge in [-0.2, -0.15) is 0 Å². The fourth-order valence-electron chi connectivity index (χ4n) is 0.983. The van der Waals surface area contributed by atoms with Gasteiger partial charge in [-0.25, -0.2) is 6.33 Å². The van der Waals surface area contributed by atoms with Crippen LogP contribution in [0.3, 0.4) is 0 Å². The van der Waals surface area contributed by atoms with Crippen molar-refractivity contribution >= 4 is 0 Å². The van der Waals surface area contributed by atoms with E-state index in [1.807, 2.05) is 30.3 Å². The molecule has 0 spiro atoms. The van der Waals surface area contributed by atoms with E-state index >= 15 is 0 Å². The smallest absolute Gasteiger partial charge is 0.403 e. The first kappa shape index (κ1) is 11.0. The van der Waals surface area contributed by atoms with Crippen LogP contribution in [0.5, 0.6) is 0 Å². The molecule has 0 fully saturated rings. The van der Waals surface area contributed by atoms with Crippen LogP contribution in [-0.2, 0) is 6.54 Å². The normalized spacial score (nSPS) is 9.23. The molecule has 0 atom stereocenters. The molecule has 5 heteroatoms. The van der Waals surface area contributed by atoms with Gasteiger partial charge in [0.1, 0.15) is 0 Å². The number of rotatable bonds is 2. The predicted octanol–water partition coefficient (Wildman–Crippen LogP) is -2.47. The van der Waals surface area contributed by atoms with Crippen molar-refractivity contribution in [3.63, 3.8) is 0 Å². The Bertz CT molecular complexity index is 332. The van der Waals surface area contributed by atoms with Crippen molar-refractivity contribution in [3.05, 3.63) is 42.2 Å². The average Bonchev–Trinajstić information content (AvgIpc) is 2.59. The van der Waals surface area contributed by atoms with Gasteiger partial charge in [0.25, 0.3) is 0 Å². The summed E-state index contributed by atoms with van der Waals surface area (Å²) in [6.07, 6.45) is 2.63. The summed E-state index contributed by atoms with van der Waals surface area (Å²) in [6, 6.07) is 10.00. The average molecular weight is 198 g/mol. The molecule has 0 saturated heterocycles. The van der Waals surface area contributed by atoms with Crippen LogP contribution in [0, 0.1) is 6.33 Å². The van der Waals surface area contributed by atoms with Crippen LogP contribution in [0.15, 0.2) is 30.3 Å². The Hall–Kier alpha value is -0.0736. The Morgan fingerprint density at radius 2 is 2.00 bits per heavy atom. The van der Waals surface area contributed by atoms with Gasteiger partial charge in [-0.1, -0.05) is 40.8 Å². The first-order valence-electron chi connectivity index (χ1n) is 3.63. The second kappa shape index (κ2) is 5.61. The molecule has 4 nitrogen and oxygen atoms in total. The number of nitrogens with zero attached hydrogens (tertiary/aromatic N) is 4. The molecule has 2 aromatic rings. The van der Waals surface area contributed by atoms with Crippen molar-refractivity contribution in [1.29, 1.82) is 0 Å². The predicted molar refractivity (Wildman–Crippen MR) is 42.2 cm³/mol. The van der Waals surface area contributed by atoms with Crippen molar-refractivity contribution in [2.45, 2.75) is 6.54 Å². The van der Waals surface area contributed by atoms with Gasteiger partial charge >= 0.3 is 51.4 Å². The Morgan fingerprint density at radius 3 is 2.62 bits per heavy atom. The van der Waals surface area contributed by atoms with E-state index in [0.717, 1.165) is 0 Å². The summed E-state index contributed by atoms with van der Waals surface area (Å²) in [5.41, 5.74) is 1.17. The summed E-state index contributed by atoms with van der Waals surface area (Å²) >= 11 is 0. The van der Waals surface area contributed by atoms with Gasteiger partial charge in [-0.05, 0) is 5.56 Å². The molecule has 2 rings (SSSR count). The summed E-state index contributed by atoms with van der Waals surface area (Å²) in [7, 11) is 0. The van der Waals surface area contributed by atoms with Gasteiger partial charge in [0, 0.05) is 6.54 Å². The number of aromatic nitrogens is 4. The summed E-state index contributed by atoms with van der Waals surface area (Å²) in [6.45, 7) is 0.674. The Balaban J connectivity index is 0.000000845. The van der Waals surface area contributed by atoms with Crippen molar-refractivity contribution in [2.24, 2.45) is 0 Å². The monoisotopic (exact) mass is 198 g/mol. The van der Waals surface area contributed by atoms with Crippen LogP contribution in [0.25, 0.3) is 0 Å². The van der Waals surface area contributed by atoms with E-state index < -0.39 is 0 Å². The zero-order chi connectivity index (χ0) is 8.23. The zero-order valence-electron chi connectivity index (χ0n) is 7.38. The Morgan fingerprint density at radius 1 is 1.23 bits per heavy atom. The Kier molecular flexibility index (Phi) is 4.75. The minimum atomic E-state index is 0. The molecular weight excluding hydrogens is 191 g/mol. The summed E-state index contributed by atoms with van der Waals surface area (Å²) in [4.78, 5) is 0. The molecule has 0 unspecified atom stereocenters. The molecule has 1 heterocycles. The zero-order valence-corrected chi connectivity index (χ0v) is 10.5. The van der Waals surface area contributed by atoms with Crippen molar-refractivity contribution in [1.82, 2.24) is 20.2 Å². The molecule has 0 aliphatic rings. The maximum Gasteiger partial charge on any atom is 1.00 e. The van der Waals surface area contributed by atoms with Gasteiger partial charge < -0.3 is 9.78 Å². The first-order valence-corrected chi connectivity index (χ1v) is 3.63. The second-order valence-electron chi connectivity index (χ2n) is 2.42. The van der Waals surface area contributed by atoms with Crippen molar-refractivity contribution in [2.75, 3.05) is 0 Å². The quantitative estimate of drug-likeness (QED) is 0.397. The standard InChI is InChI=1S/C8H7N4.K/c1-2-4-8(5-3-1)6-12-7-9-10-11-12;/h1-5H,6H2;/q-1;+1. The maximum atomic E-state index is 3.71. The molecule has 0 aliphatic heterocycles. The van der Waals surface area contributed by atoms with Crippen molar-refractivity contribution < 1.29 is 51.4 Å². The van der Waals surface area contributed by atoms with Crippen LogP contribution >= 0.6 is 0 Å². The van der Waals surface area contributed by atoms with Gasteiger partial charge in [-0.3, -0.25) is 0 Å². The van der Waals surface area contributed by atoms with E-state index in [0.29, 0.717) is 6.54 Å². The second-order valence-corrected chi connectivity index (χ2v) is 2.42. The number of hydrogen-bond acceptors (Lipinski definition) is 3. The third-order valence-electron chi connectivity index (χ3n) is 1.53. The number of benzene rings is 1. The topological polar surface area (TPSA) is 43.6 Å². The molecule has 0 bridgehead atoms. The van der Waals surface area contributed by atoms with Crippen LogP contribution in [-0.4, -0.2) is 20.2 Å². The molecule has 0 aliphatic carbocycles. The van der Waals surface area contributed by atoms with Gasteiger partial charge in [-0.15, -0.1) is 0 Å². The Labute approximate surface area is 119 Å². The van der Waals surface area contributed by atoms with Crippen molar-refractivity contribution in [3.8, 4) is 0 Å². The van der Waals surface area contributed by atoms with E-state index in [1.54, 1.807) is 4.68 Å². The molecule has 0 radical (unpaired) electrons. The van der Waals surface area contributed by atoms with Gasteiger partial charge in [0.05, 0.1) is 0 Å². The van der Waals surface area contributed by atoms with Gasteiger partial charge in [0.2, 0.25) is 0 Å². The van der Waals surface area contributed by atoms with Gasteiger partial charge in [0.15, 0.2) is 0 Å². The van der Waals surface area contributed by atoms with E-state index in [2.05, 4.69) is 21.9 Å². The van der Waals surface area contributed by atoms with Crippen LogP contribution < -0.4 is 51.4 Å². The molecule has 0 N–H and O–H groups in total. The molecular formula is C8H7KN4. The minimum absolute atomic E-state index is 0. The molecule has 1 aromatic heterocycles. The molecule has 0 saturated carbocycles. The molecule has 1 aromatic carbocycles. The molecule has 0 amide bonds. The third kappa shape index (κ3) is 3.28. The largest absolute Gasteiger partial charge is 1.00 e. The summed E-state index contributed by atoms with van der Waals surface area (Å²) in [5, 5.41) is 10.6. The minimum Gasteiger partial charge on any atom is -0.403 e. The summed E-state index contributed by atoms with van der Waals surface area (Å²) in [5.74, 6) is 0. The summed E-state index contributed by atoms with van der Waals surface area (Å²) < 4.78 is 1.56. The van der Waals surface area contributed by atoms with Crippen LogP contribution in [0.2, 0.25) is 0 Å². The van der Waals surface area contributed by atoms with Crippen LogP contribution in [0.1, 0.15) is 5.56 Å². The third-order valence-corrected chi connectivity index (χ3v) is 1.53. The molecule has 60 valence electrons. The van der Waals surface area contributed by atoms with E-state index in [-0.39, 0.29) is 51.4 Å². The van der Waals surface area contributed by atoms with E-state index in [1.165, 1.54) is 5.56 Å². The fourth-order valence-corrected chi connectivity index (χ4v) is 0.983.